The minimum absolute atomic E-state index is 0.0159. The molecule has 3 N–H and O–H groups in total. The quantitative estimate of drug-likeness (QED) is 0.714. The number of ether oxygens (including phenoxy) is 2. The fraction of sp³-hybridized carbons (Fsp3) is 0.429. The first-order chi connectivity index (χ1) is 7.15. The van der Waals surface area contributed by atoms with Crippen LogP contribution in [0.15, 0.2) is 0 Å². The SMILES string of the molecule is CCOc1nc(NC(N)=O)nc(OC)n1. The van der Waals surface area contributed by atoms with Crippen molar-refractivity contribution in [2.45, 2.75) is 6.92 Å². The maximum absolute atomic E-state index is 10.6. The number of urea groups is 1. The fourth-order valence-electron chi connectivity index (χ4n) is 0.789. The lowest BCUT2D eigenvalue weighted by atomic mass is 10.8. The number of carbonyl (C=O) groups is 1. The average molecular weight is 213 g/mol. The van der Waals surface area contributed by atoms with Crippen LogP contribution in [0.5, 0.6) is 12.0 Å². The largest absolute Gasteiger partial charge is 0.467 e. The maximum Gasteiger partial charge on any atom is 0.324 e. The molecule has 0 fully saturated rings. The van der Waals surface area contributed by atoms with Crippen molar-refractivity contribution in [2.24, 2.45) is 5.73 Å². The number of hydrogen-bond acceptors (Lipinski definition) is 6. The van der Waals surface area contributed by atoms with Crippen molar-refractivity contribution < 1.29 is 14.3 Å². The van der Waals surface area contributed by atoms with E-state index >= 15 is 0 Å². The standard InChI is InChI=1S/C7H11N5O3/c1-3-15-7-11-5(9-4(8)13)10-6(12-7)14-2/h3H2,1-2H3,(H3,8,9,10,11,12,13). The van der Waals surface area contributed by atoms with Crippen molar-refractivity contribution in [1.29, 1.82) is 0 Å². The van der Waals surface area contributed by atoms with Gasteiger partial charge >= 0.3 is 18.1 Å². The molecule has 1 heterocycles. The topological polar surface area (TPSA) is 112 Å². The molecule has 0 aliphatic heterocycles. The number of amides is 2. The summed E-state index contributed by atoms with van der Waals surface area (Å²) in [4.78, 5) is 21.9. The zero-order valence-electron chi connectivity index (χ0n) is 8.35. The van der Waals surface area contributed by atoms with Crippen molar-refractivity contribution in [2.75, 3.05) is 19.0 Å². The van der Waals surface area contributed by atoms with Gasteiger partial charge in [-0.25, -0.2) is 4.79 Å². The van der Waals surface area contributed by atoms with E-state index < -0.39 is 6.03 Å². The second-order valence-corrected chi connectivity index (χ2v) is 2.35. The van der Waals surface area contributed by atoms with Gasteiger partial charge in [-0.1, -0.05) is 0 Å². The Balaban J connectivity index is 2.94. The molecule has 1 aromatic heterocycles. The highest BCUT2D eigenvalue weighted by molar-refractivity contribution is 5.85. The monoisotopic (exact) mass is 213 g/mol. The van der Waals surface area contributed by atoms with Gasteiger partial charge in [0.2, 0.25) is 5.95 Å². The van der Waals surface area contributed by atoms with E-state index in [1.807, 2.05) is 0 Å². The lowest BCUT2D eigenvalue weighted by Crippen LogP contribution is -2.21. The molecule has 0 saturated carbocycles. The molecule has 0 spiro atoms. The summed E-state index contributed by atoms with van der Waals surface area (Å²) >= 11 is 0. The zero-order chi connectivity index (χ0) is 11.3. The zero-order valence-corrected chi connectivity index (χ0v) is 8.35. The molecular formula is C7H11N5O3. The van der Waals surface area contributed by atoms with Gasteiger partial charge in [-0.3, -0.25) is 5.32 Å². The Morgan fingerprint density at radius 1 is 1.40 bits per heavy atom. The maximum atomic E-state index is 10.6. The van der Waals surface area contributed by atoms with Gasteiger partial charge in [-0.2, -0.15) is 9.97 Å². The van der Waals surface area contributed by atoms with Crippen LogP contribution in [-0.2, 0) is 0 Å². The van der Waals surface area contributed by atoms with Gasteiger partial charge in [0.05, 0.1) is 13.7 Å². The summed E-state index contributed by atoms with van der Waals surface area (Å²) in [6.07, 6.45) is 0. The van der Waals surface area contributed by atoms with Crippen LogP contribution >= 0.6 is 0 Å². The smallest absolute Gasteiger partial charge is 0.324 e. The molecule has 2 amide bonds. The number of carbonyl (C=O) groups excluding carboxylic acids is 1. The second kappa shape index (κ2) is 4.94. The second-order valence-electron chi connectivity index (χ2n) is 2.35. The van der Waals surface area contributed by atoms with Crippen molar-refractivity contribution in [3.05, 3.63) is 0 Å². The summed E-state index contributed by atoms with van der Waals surface area (Å²) in [6, 6.07) is -0.670. The van der Waals surface area contributed by atoms with Crippen LogP contribution in [-0.4, -0.2) is 34.7 Å². The molecule has 0 bridgehead atoms. The summed E-state index contributed by atoms with van der Waals surface area (Å²) in [5, 5.41) is 2.19. The van der Waals surface area contributed by atoms with Gasteiger partial charge in [-0.05, 0) is 6.92 Å². The van der Waals surface area contributed by atoms with Crippen molar-refractivity contribution in [1.82, 2.24) is 15.0 Å². The van der Waals surface area contributed by atoms with Crippen molar-refractivity contribution in [3.8, 4) is 12.0 Å². The first kappa shape index (κ1) is 11.0. The van der Waals surface area contributed by atoms with E-state index in [2.05, 4.69) is 20.3 Å². The van der Waals surface area contributed by atoms with Gasteiger partial charge in [0.15, 0.2) is 0 Å². The number of aromatic nitrogens is 3. The van der Waals surface area contributed by atoms with E-state index in [-0.39, 0.29) is 18.0 Å². The number of nitrogens with zero attached hydrogens (tertiary/aromatic N) is 3. The summed E-state index contributed by atoms with van der Waals surface area (Å²) in [6.45, 7) is 2.17. The molecule has 82 valence electrons. The highest BCUT2D eigenvalue weighted by Crippen LogP contribution is 2.11. The van der Waals surface area contributed by atoms with E-state index in [0.717, 1.165) is 0 Å². The lowest BCUT2D eigenvalue weighted by Gasteiger charge is -2.05. The van der Waals surface area contributed by atoms with E-state index in [0.29, 0.717) is 6.61 Å². The van der Waals surface area contributed by atoms with Gasteiger partial charge in [-0.15, -0.1) is 4.98 Å². The van der Waals surface area contributed by atoms with Crippen LogP contribution in [0.25, 0.3) is 0 Å². The van der Waals surface area contributed by atoms with E-state index in [4.69, 9.17) is 15.2 Å². The Kier molecular flexibility index (Phi) is 3.61. The van der Waals surface area contributed by atoms with Crippen LogP contribution in [0.1, 0.15) is 6.92 Å². The molecule has 0 saturated heterocycles. The first-order valence-corrected chi connectivity index (χ1v) is 4.15. The number of nitrogens with one attached hydrogen (secondary N) is 1. The number of methoxy groups -OCH3 is 1. The van der Waals surface area contributed by atoms with E-state index in [1.165, 1.54) is 7.11 Å². The number of rotatable bonds is 4. The number of anilines is 1. The molecule has 0 atom stereocenters. The average Bonchev–Trinajstić information content (AvgIpc) is 2.16. The Morgan fingerprint density at radius 3 is 2.60 bits per heavy atom. The Morgan fingerprint density at radius 2 is 2.07 bits per heavy atom. The van der Waals surface area contributed by atoms with Crippen LogP contribution in [0, 0.1) is 0 Å². The van der Waals surface area contributed by atoms with Crippen LogP contribution in [0.3, 0.4) is 0 Å². The molecule has 1 rings (SSSR count). The Labute approximate surface area is 85.8 Å². The molecule has 8 nitrogen and oxygen atoms in total. The predicted molar refractivity (Wildman–Crippen MR) is 50.8 cm³/mol. The summed E-state index contributed by atoms with van der Waals surface area (Å²) in [5.41, 5.74) is 4.91. The number of hydrogen-bond donors (Lipinski definition) is 2. The first-order valence-electron chi connectivity index (χ1n) is 4.15. The molecule has 15 heavy (non-hydrogen) atoms. The Bertz CT molecular complexity index is 356. The normalized spacial score (nSPS) is 9.47. The van der Waals surface area contributed by atoms with Crippen LogP contribution in [0.4, 0.5) is 10.7 Å². The van der Waals surface area contributed by atoms with Gasteiger partial charge in [0.1, 0.15) is 0 Å². The molecule has 0 aliphatic carbocycles. The third-order valence-corrected chi connectivity index (χ3v) is 1.29. The lowest BCUT2D eigenvalue weighted by molar-refractivity contribution is 0.259. The summed E-state index contributed by atoms with van der Waals surface area (Å²) < 4.78 is 9.83. The molecule has 0 aromatic carbocycles. The summed E-state index contributed by atoms with van der Waals surface area (Å²) in [5.74, 6) is -0.0159. The molecule has 0 aliphatic rings. The third kappa shape index (κ3) is 3.25. The molecule has 1 aromatic rings. The van der Waals surface area contributed by atoms with Gasteiger partial charge < -0.3 is 15.2 Å². The predicted octanol–water partition coefficient (Wildman–Crippen LogP) is -0.231. The highest BCUT2D eigenvalue weighted by Gasteiger charge is 2.08. The molecule has 0 radical (unpaired) electrons. The highest BCUT2D eigenvalue weighted by atomic mass is 16.5. The summed E-state index contributed by atoms with van der Waals surface area (Å²) in [7, 11) is 1.39. The van der Waals surface area contributed by atoms with Gasteiger partial charge in [0, 0.05) is 0 Å². The van der Waals surface area contributed by atoms with Crippen LogP contribution < -0.4 is 20.5 Å². The van der Waals surface area contributed by atoms with Crippen LogP contribution in [0.2, 0.25) is 0 Å². The molecule has 8 heteroatoms. The molecule has 0 unspecified atom stereocenters. The fourth-order valence-corrected chi connectivity index (χ4v) is 0.789. The van der Waals surface area contributed by atoms with Crippen molar-refractivity contribution >= 4 is 12.0 Å². The van der Waals surface area contributed by atoms with E-state index in [1.54, 1.807) is 6.92 Å². The Hall–Kier alpha value is -2.12. The number of primary amides is 1. The van der Waals surface area contributed by atoms with E-state index in [9.17, 15) is 4.79 Å². The minimum Gasteiger partial charge on any atom is -0.467 e. The molecular weight excluding hydrogens is 202 g/mol. The van der Waals surface area contributed by atoms with Crippen molar-refractivity contribution in [3.63, 3.8) is 0 Å². The van der Waals surface area contributed by atoms with Gasteiger partial charge in [0.25, 0.3) is 0 Å². The minimum atomic E-state index is -0.772. The number of nitrogens with two attached hydrogens (primary N) is 1. The third-order valence-electron chi connectivity index (χ3n) is 1.29.